The molecule has 1 aliphatic carbocycles. The molecule has 1 aromatic rings. The number of rotatable bonds is 7. The molecule has 0 amide bonds. The van der Waals surface area contributed by atoms with Crippen molar-refractivity contribution in [2.45, 2.75) is 97.7 Å². The van der Waals surface area contributed by atoms with Gasteiger partial charge in [0.25, 0.3) is 0 Å². The van der Waals surface area contributed by atoms with Crippen molar-refractivity contribution in [2.24, 2.45) is 5.41 Å². The van der Waals surface area contributed by atoms with E-state index in [9.17, 15) is 0 Å². The second-order valence-electron chi connectivity index (χ2n) is 9.95. The summed E-state index contributed by atoms with van der Waals surface area (Å²) in [6, 6.07) is 0.606. The van der Waals surface area contributed by atoms with Crippen LogP contribution >= 0.6 is 0 Å². The molecule has 1 fully saturated rings. The molecule has 0 N–H and O–H groups in total. The van der Waals surface area contributed by atoms with Crippen molar-refractivity contribution in [3.05, 3.63) is 29.5 Å². The van der Waals surface area contributed by atoms with Crippen LogP contribution in [-0.4, -0.2) is 28.9 Å². The molecule has 2 unspecified atom stereocenters. The molecule has 27 heavy (non-hydrogen) atoms. The van der Waals surface area contributed by atoms with Crippen LogP contribution in [0.2, 0.25) is 5.82 Å². The molecule has 0 radical (unpaired) electrons. The largest absolute Gasteiger partial charge is 0.426 e. The predicted molar refractivity (Wildman–Crippen MR) is 112 cm³/mol. The first-order valence-corrected chi connectivity index (χ1v) is 10.7. The molecule has 0 spiro atoms. The Morgan fingerprint density at radius 3 is 2.59 bits per heavy atom. The zero-order valence-electron chi connectivity index (χ0n) is 18.3. The van der Waals surface area contributed by atoms with Gasteiger partial charge in [-0.15, -0.1) is 0 Å². The third-order valence-corrected chi connectivity index (χ3v) is 6.68. The fourth-order valence-corrected chi connectivity index (χ4v) is 3.36. The van der Waals surface area contributed by atoms with Crippen molar-refractivity contribution in [3.63, 3.8) is 0 Å². The molecular formula is C22H37BN2O2. The molecule has 150 valence electrons. The van der Waals surface area contributed by atoms with E-state index in [2.05, 4.69) is 70.5 Å². The minimum absolute atomic E-state index is 0.00541. The van der Waals surface area contributed by atoms with E-state index in [4.69, 9.17) is 9.39 Å². The Morgan fingerprint density at radius 1 is 1.30 bits per heavy atom. The van der Waals surface area contributed by atoms with E-state index >= 15 is 0 Å². The number of aromatic nitrogens is 2. The summed E-state index contributed by atoms with van der Waals surface area (Å²) in [4.78, 5) is 0. The maximum atomic E-state index is 6.79. The van der Waals surface area contributed by atoms with Gasteiger partial charge in [-0.3, -0.25) is 4.68 Å². The second kappa shape index (κ2) is 7.75. The lowest BCUT2D eigenvalue weighted by molar-refractivity contribution is -0.00406. The SMILES string of the molecule is CCC(C)B(OC(C)(C)C(C)(C)C)C1=CC(c2cnn(C3CC3)c2)OCC1. The molecule has 1 saturated carbocycles. The van der Waals surface area contributed by atoms with Gasteiger partial charge in [-0.25, -0.2) is 0 Å². The Kier molecular flexibility index (Phi) is 5.93. The van der Waals surface area contributed by atoms with Gasteiger partial charge in [0, 0.05) is 11.8 Å². The highest BCUT2D eigenvalue weighted by atomic mass is 16.5. The molecule has 1 aromatic heterocycles. The van der Waals surface area contributed by atoms with Crippen molar-refractivity contribution in [1.29, 1.82) is 0 Å². The van der Waals surface area contributed by atoms with Crippen molar-refractivity contribution < 1.29 is 9.39 Å². The van der Waals surface area contributed by atoms with Crippen molar-refractivity contribution in [1.82, 2.24) is 9.78 Å². The van der Waals surface area contributed by atoms with Crippen LogP contribution in [0.5, 0.6) is 0 Å². The van der Waals surface area contributed by atoms with Gasteiger partial charge in [0.05, 0.1) is 24.4 Å². The zero-order valence-corrected chi connectivity index (χ0v) is 18.3. The molecular weight excluding hydrogens is 335 g/mol. The predicted octanol–water partition coefficient (Wildman–Crippen LogP) is 5.78. The average molecular weight is 372 g/mol. The second-order valence-corrected chi connectivity index (χ2v) is 9.95. The van der Waals surface area contributed by atoms with Crippen LogP contribution in [0.1, 0.15) is 91.9 Å². The van der Waals surface area contributed by atoms with Crippen LogP contribution in [0.15, 0.2) is 23.9 Å². The van der Waals surface area contributed by atoms with Crippen molar-refractivity contribution in [3.8, 4) is 0 Å². The highest BCUT2D eigenvalue weighted by Crippen LogP contribution is 2.39. The van der Waals surface area contributed by atoms with Gasteiger partial charge in [0.2, 0.25) is 0 Å². The minimum atomic E-state index is -0.202. The fraction of sp³-hybridized carbons (Fsp3) is 0.773. The van der Waals surface area contributed by atoms with Gasteiger partial charge in [-0.2, -0.15) is 5.10 Å². The standard InChI is InChI=1S/C22H37BN2O2/c1-8-16(2)23(27-22(6,7)21(3,4)5)18-11-12-26-20(13-18)17-14-24-25(15-17)19-9-10-19/h13-16,19-20H,8-12H2,1-7H3. The first kappa shape index (κ1) is 20.7. The number of hydrogen-bond acceptors (Lipinski definition) is 3. The topological polar surface area (TPSA) is 36.3 Å². The highest BCUT2D eigenvalue weighted by molar-refractivity contribution is 6.62. The van der Waals surface area contributed by atoms with Crippen LogP contribution in [0, 0.1) is 5.41 Å². The molecule has 0 bridgehead atoms. The lowest BCUT2D eigenvalue weighted by atomic mass is 9.48. The molecule has 5 heteroatoms. The van der Waals surface area contributed by atoms with Gasteiger partial charge in [0.15, 0.2) is 0 Å². The average Bonchev–Trinajstić information content (AvgIpc) is 3.35. The monoisotopic (exact) mass is 372 g/mol. The minimum Gasteiger partial charge on any atom is -0.426 e. The Balaban J connectivity index is 1.82. The Hall–Kier alpha value is -1.07. The molecule has 0 aromatic carbocycles. The summed E-state index contributed by atoms with van der Waals surface area (Å²) < 4.78 is 15.0. The summed E-state index contributed by atoms with van der Waals surface area (Å²) in [7, 11) is 0. The third kappa shape index (κ3) is 4.68. The first-order chi connectivity index (χ1) is 12.6. The molecule has 0 saturated heterocycles. The fourth-order valence-electron chi connectivity index (χ4n) is 3.36. The van der Waals surface area contributed by atoms with E-state index in [0.29, 0.717) is 11.9 Å². The normalized spacial score (nSPS) is 22.5. The van der Waals surface area contributed by atoms with Gasteiger partial charge in [-0.05, 0) is 44.3 Å². The van der Waals surface area contributed by atoms with Crippen LogP contribution in [0.25, 0.3) is 0 Å². The van der Waals surface area contributed by atoms with Gasteiger partial charge in [-0.1, -0.05) is 52.6 Å². The third-order valence-electron chi connectivity index (χ3n) is 6.68. The lowest BCUT2D eigenvalue weighted by Gasteiger charge is -2.43. The van der Waals surface area contributed by atoms with E-state index < -0.39 is 0 Å². The molecule has 2 atom stereocenters. The van der Waals surface area contributed by atoms with Crippen LogP contribution in [-0.2, 0) is 9.39 Å². The smallest absolute Gasteiger partial charge is 0.326 e. The first-order valence-electron chi connectivity index (χ1n) is 10.7. The zero-order chi connectivity index (χ0) is 19.8. The number of nitrogens with zero attached hydrogens (tertiary/aromatic N) is 2. The molecule has 4 nitrogen and oxygen atoms in total. The van der Waals surface area contributed by atoms with E-state index in [0.717, 1.165) is 25.0 Å². The van der Waals surface area contributed by atoms with Crippen molar-refractivity contribution in [2.75, 3.05) is 6.61 Å². The van der Waals surface area contributed by atoms with Crippen LogP contribution in [0.3, 0.4) is 0 Å². The Bertz CT molecular complexity index is 670. The van der Waals surface area contributed by atoms with Crippen LogP contribution in [0.4, 0.5) is 0 Å². The molecule has 2 heterocycles. The van der Waals surface area contributed by atoms with Gasteiger partial charge < -0.3 is 9.39 Å². The number of hydrogen-bond donors (Lipinski definition) is 0. The highest BCUT2D eigenvalue weighted by Gasteiger charge is 2.40. The van der Waals surface area contributed by atoms with Crippen LogP contribution < -0.4 is 0 Å². The quantitative estimate of drug-likeness (QED) is 0.570. The number of ether oxygens (including phenoxy) is 1. The van der Waals surface area contributed by atoms with E-state index in [1.165, 1.54) is 18.3 Å². The maximum absolute atomic E-state index is 6.79. The lowest BCUT2D eigenvalue weighted by Crippen LogP contribution is -2.46. The molecule has 1 aliphatic heterocycles. The maximum Gasteiger partial charge on any atom is 0.326 e. The van der Waals surface area contributed by atoms with Gasteiger partial charge >= 0.3 is 6.92 Å². The summed E-state index contributed by atoms with van der Waals surface area (Å²) in [5.74, 6) is 0.478. The summed E-state index contributed by atoms with van der Waals surface area (Å²) in [6.07, 6.45) is 11.0. The molecule has 2 aliphatic rings. The molecule has 3 rings (SSSR count). The van der Waals surface area contributed by atoms with E-state index in [-0.39, 0.29) is 24.0 Å². The van der Waals surface area contributed by atoms with E-state index in [1.54, 1.807) is 0 Å². The summed E-state index contributed by atoms with van der Waals surface area (Å²) >= 11 is 0. The van der Waals surface area contributed by atoms with Gasteiger partial charge in [0.1, 0.15) is 6.10 Å². The Morgan fingerprint density at radius 2 is 2.00 bits per heavy atom. The summed E-state index contributed by atoms with van der Waals surface area (Å²) in [6.45, 7) is 16.7. The Labute approximate surface area is 165 Å². The van der Waals surface area contributed by atoms with E-state index in [1.807, 2.05) is 6.20 Å². The van der Waals surface area contributed by atoms with Crippen molar-refractivity contribution >= 4 is 6.92 Å². The summed E-state index contributed by atoms with van der Waals surface area (Å²) in [5.41, 5.74) is 2.43. The summed E-state index contributed by atoms with van der Waals surface area (Å²) in [5, 5.41) is 4.54.